The van der Waals surface area contributed by atoms with E-state index < -0.39 is 29.9 Å². The van der Waals surface area contributed by atoms with Crippen LogP contribution >= 0.6 is 23.1 Å². The van der Waals surface area contributed by atoms with E-state index in [0.717, 1.165) is 17.1 Å². The molecule has 0 radical (unpaired) electrons. The Kier molecular flexibility index (Phi) is 7.47. The maximum absolute atomic E-state index is 13.0. The minimum atomic E-state index is -1.25. The average Bonchev–Trinajstić information content (AvgIpc) is 3.57. The molecule has 14 heteroatoms. The molecule has 39 heavy (non-hydrogen) atoms. The zero-order valence-corrected chi connectivity index (χ0v) is 22.1. The number of pyridine rings is 1. The highest BCUT2D eigenvalue weighted by Crippen LogP contribution is 2.40. The largest absolute Gasteiger partial charge is 0.477 e. The first-order valence-electron chi connectivity index (χ1n) is 11.6. The number of nitrogen functional groups attached to an aromatic ring is 1. The van der Waals surface area contributed by atoms with Crippen LogP contribution in [0.15, 0.2) is 74.4 Å². The highest BCUT2D eigenvalue weighted by Gasteiger charge is 2.54. The number of β-lactam (4-membered cyclic amide) rings is 1. The number of anilines is 1. The number of carbonyl (C=O) groups is 3. The van der Waals surface area contributed by atoms with Crippen molar-refractivity contribution in [1.82, 2.24) is 15.2 Å². The highest BCUT2D eigenvalue weighted by molar-refractivity contribution is 8.03. The Bertz CT molecular complexity index is 1510. The van der Waals surface area contributed by atoms with Gasteiger partial charge in [0.05, 0.1) is 6.04 Å². The van der Waals surface area contributed by atoms with Gasteiger partial charge in [0.25, 0.3) is 11.8 Å². The number of allylic oxidation sites excluding steroid dienone is 1. The summed E-state index contributed by atoms with van der Waals surface area (Å²) >= 11 is 2.41. The van der Waals surface area contributed by atoms with Crippen molar-refractivity contribution in [1.29, 1.82) is 0 Å². The molecule has 3 aromatic rings. The van der Waals surface area contributed by atoms with Gasteiger partial charge in [-0.15, -0.1) is 23.1 Å². The van der Waals surface area contributed by atoms with E-state index in [0.29, 0.717) is 23.0 Å². The lowest BCUT2D eigenvalue weighted by Gasteiger charge is -2.49. The summed E-state index contributed by atoms with van der Waals surface area (Å²) in [4.78, 5) is 48.5. The van der Waals surface area contributed by atoms with Crippen molar-refractivity contribution in [3.63, 3.8) is 0 Å². The number of nitrogens with zero attached hydrogens (tertiary/aromatic N) is 4. The van der Waals surface area contributed by atoms with Crippen molar-refractivity contribution >= 4 is 57.8 Å². The summed E-state index contributed by atoms with van der Waals surface area (Å²) in [7, 11) is 1.28. The van der Waals surface area contributed by atoms with Crippen LogP contribution in [0.5, 0.6) is 0 Å². The Morgan fingerprint density at radius 2 is 2.13 bits per heavy atom. The van der Waals surface area contributed by atoms with Crippen molar-refractivity contribution in [2.24, 2.45) is 5.16 Å². The number of aliphatic carboxylic acids is 1. The molecule has 4 N–H and O–H groups in total. The second-order valence-electron chi connectivity index (χ2n) is 8.43. The Morgan fingerprint density at radius 1 is 1.33 bits per heavy atom. The number of fused-ring (bicyclic) bond motifs is 1. The summed E-state index contributed by atoms with van der Waals surface area (Å²) in [6, 6.07) is 7.95. The molecule has 5 heterocycles. The molecule has 0 aliphatic carbocycles. The number of nitrogens with two attached hydrogens (primary N) is 1. The standard InChI is InChI=1S/C25H22N6O6S2/c1-36-29-19(16-12-39-25(26)27-16)22(32)28-20-17-13-38-18(21(24(34)35)31(17)23(20)33)8-7-14-5-6-15(37-14)11-30-9-3-2-4-10-30/h2-10,12,17,20H,11,13H2,1H3,(H3-,26,27,28,32,34,35)/p+1/b8-7+,29-19+/t17-,20+/m1/s1. The van der Waals surface area contributed by atoms with Crippen molar-refractivity contribution in [2.75, 3.05) is 18.6 Å². The van der Waals surface area contributed by atoms with Crippen molar-refractivity contribution in [3.8, 4) is 0 Å². The summed E-state index contributed by atoms with van der Waals surface area (Å²) in [5, 5.41) is 18.1. The molecule has 2 atom stereocenters. The van der Waals surface area contributed by atoms with Gasteiger partial charge in [-0.1, -0.05) is 11.2 Å². The molecule has 0 bridgehead atoms. The normalized spacial score (nSPS) is 19.2. The summed E-state index contributed by atoms with van der Waals surface area (Å²) in [5.41, 5.74) is 5.58. The number of nitrogens with one attached hydrogen (secondary N) is 1. The molecule has 0 aromatic carbocycles. The molecule has 0 unspecified atom stereocenters. The molecule has 2 amide bonds. The number of carboxylic acids is 1. The van der Waals surface area contributed by atoms with Gasteiger partial charge in [-0.3, -0.25) is 14.5 Å². The van der Waals surface area contributed by atoms with Crippen molar-refractivity contribution < 1.29 is 33.3 Å². The van der Waals surface area contributed by atoms with Crippen LogP contribution in [0.2, 0.25) is 0 Å². The SMILES string of the molecule is CO/N=C(/C(=O)N[C@@H]1C(=O)N2C(C(=O)O)=C(/C=C/c3ccc(C[n+]4ccccc4)o3)SC[C@H]12)c1csc(N)n1. The Morgan fingerprint density at radius 3 is 2.82 bits per heavy atom. The highest BCUT2D eigenvalue weighted by atomic mass is 32.2. The molecule has 3 aromatic heterocycles. The van der Waals surface area contributed by atoms with Gasteiger partial charge in [0.2, 0.25) is 6.54 Å². The number of thioether (sulfide) groups is 1. The third-order valence-electron chi connectivity index (χ3n) is 5.95. The number of carbonyl (C=O) groups excluding carboxylic acids is 2. The van der Waals surface area contributed by atoms with Gasteiger partial charge in [-0.2, -0.15) is 4.57 Å². The molecular weight excluding hydrogens is 544 g/mol. The van der Waals surface area contributed by atoms with E-state index in [1.807, 2.05) is 41.2 Å². The maximum atomic E-state index is 13.0. The van der Waals surface area contributed by atoms with Gasteiger partial charge in [-0.05, 0) is 24.3 Å². The minimum absolute atomic E-state index is 0.138. The van der Waals surface area contributed by atoms with E-state index in [2.05, 4.69) is 15.5 Å². The van der Waals surface area contributed by atoms with Gasteiger partial charge in [-0.25, -0.2) is 9.78 Å². The van der Waals surface area contributed by atoms with Crippen LogP contribution in [0.1, 0.15) is 17.2 Å². The van der Waals surface area contributed by atoms with Crippen LogP contribution in [-0.2, 0) is 25.8 Å². The summed E-state index contributed by atoms with van der Waals surface area (Å²) in [6.45, 7) is 0.552. The smallest absolute Gasteiger partial charge is 0.353 e. The van der Waals surface area contributed by atoms with E-state index in [1.165, 1.54) is 23.8 Å². The second-order valence-corrected chi connectivity index (χ2v) is 10.4. The van der Waals surface area contributed by atoms with Gasteiger partial charge >= 0.3 is 5.97 Å². The first-order chi connectivity index (χ1) is 18.9. The minimum Gasteiger partial charge on any atom is -0.477 e. The fourth-order valence-electron chi connectivity index (χ4n) is 4.20. The van der Waals surface area contributed by atoms with Crippen LogP contribution < -0.4 is 15.6 Å². The number of thiazole rings is 1. The van der Waals surface area contributed by atoms with Gasteiger partial charge in [0.15, 0.2) is 29.0 Å². The predicted octanol–water partition coefficient (Wildman–Crippen LogP) is 1.46. The molecule has 5 rings (SSSR count). The van der Waals surface area contributed by atoms with E-state index in [-0.39, 0.29) is 22.2 Å². The molecule has 12 nitrogen and oxygen atoms in total. The first kappa shape index (κ1) is 26.2. The van der Waals surface area contributed by atoms with Crippen LogP contribution in [0, 0.1) is 0 Å². The first-order valence-corrected chi connectivity index (χ1v) is 13.5. The average molecular weight is 568 g/mol. The van der Waals surface area contributed by atoms with Gasteiger partial charge < -0.3 is 25.4 Å². The predicted molar refractivity (Wildman–Crippen MR) is 143 cm³/mol. The number of hydrogen-bond donors (Lipinski definition) is 3. The summed E-state index contributed by atoms with van der Waals surface area (Å²) in [5.74, 6) is -0.797. The zero-order chi connectivity index (χ0) is 27.5. The Hall–Kier alpha value is -4.43. The third kappa shape index (κ3) is 5.42. The van der Waals surface area contributed by atoms with Crippen LogP contribution in [0.4, 0.5) is 5.13 Å². The van der Waals surface area contributed by atoms with Gasteiger partial charge in [0, 0.05) is 28.2 Å². The molecule has 200 valence electrons. The molecule has 0 spiro atoms. The lowest BCUT2D eigenvalue weighted by atomic mass is 9.94. The fourth-order valence-corrected chi connectivity index (χ4v) is 5.92. The van der Waals surface area contributed by atoms with Gasteiger partial charge in [0.1, 0.15) is 30.3 Å². The number of hydrogen-bond acceptors (Lipinski definition) is 10. The molecule has 2 aliphatic heterocycles. The van der Waals surface area contributed by atoms with E-state index in [1.54, 1.807) is 23.6 Å². The van der Waals surface area contributed by atoms with Crippen LogP contribution in [0.25, 0.3) is 6.08 Å². The fraction of sp³-hybridized carbons (Fsp3) is 0.200. The monoisotopic (exact) mass is 567 g/mol. The van der Waals surface area contributed by atoms with Crippen LogP contribution in [-0.4, -0.2) is 63.4 Å². The van der Waals surface area contributed by atoms with E-state index in [4.69, 9.17) is 15.0 Å². The molecular formula is C25H23N6O6S2+. The van der Waals surface area contributed by atoms with E-state index >= 15 is 0 Å². The lowest BCUT2D eigenvalue weighted by Crippen LogP contribution is -2.72. The number of rotatable bonds is 9. The second kappa shape index (κ2) is 11.1. The Labute approximate surface area is 230 Å². The quantitative estimate of drug-likeness (QED) is 0.150. The Balaban J connectivity index is 1.30. The molecule has 0 saturated carbocycles. The summed E-state index contributed by atoms with van der Waals surface area (Å²) in [6.07, 6.45) is 7.15. The number of aromatic nitrogens is 2. The third-order valence-corrected chi connectivity index (χ3v) is 7.77. The summed E-state index contributed by atoms with van der Waals surface area (Å²) < 4.78 is 7.82. The van der Waals surface area contributed by atoms with Crippen molar-refractivity contribution in [3.05, 3.63) is 82.0 Å². The zero-order valence-electron chi connectivity index (χ0n) is 20.5. The molecule has 2 aliphatic rings. The number of carboxylic acid groups (broad SMARTS) is 1. The lowest BCUT2D eigenvalue weighted by molar-refractivity contribution is -0.690. The number of oxime groups is 1. The van der Waals surface area contributed by atoms with E-state index in [9.17, 15) is 19.5 Å². The number of amides is 2. The molecule has 1 saturated heterocycles. The van der Waals surface area contributed by atoms with Crippen molar-refractivity contribution in [2.45, 2.75) is 18.6 Å². The molecule has 1 fully saturated rings. The topological polar surface area (TPSA) is 164 Å². The maximum Gasteiger partial charge on any atom is 0.353 e. The number of furan rings is 1. The van der Waals surface area contributed by atoms with Crippen LogP contribution in [0.3, 0.4) is 0 Å².